The van der Waals surface area contributed by atoms with Crippen molar-refractivity contribution in [3.05, 3.63) is 0 Å². The van der Waals surface area contributed by atoms with Crippen LogP contribution in [-0.2, 0) is 9.53 Å². The smallest absolute Gasteiger partial charge is 0.306 e. The topological polar surface area (TPSA) is 107 Å². The van der Waals surface area contributed by atoms with E-state index in [0.717, 1.165) is 19.3 Å². The van der Waals surface area contributed by atoms with E-state index in [2.05, 4.69) is 13.8 Å². The Kier molecular flexibility index (Phi) is 4.96. The summed E-state index contributed by atoms with van der Waals surface area (Å²) in [6, 6.07) is 0. The van der Waals surface area contributed by atoms with Crippen molar-refractivity contribution in [2.24, 2.45) is 22.7 Å². The summed E-state index contributed by atoms with van der Waals surface area (Å²) in [7, 11) is 0. The lowest BCUT2D eigenvalue weighted by Crippen LogP contribution is -2.66. The van der Waals surface area contributed by atoms with Gasteiger partial charge in [0.2, 0.25) is 0 Å². The molecule has 3 rings (SSSR count). The summed E-state index contributed by atoms with van der Waals surface area (Å²) in [5, 5.41) is 40.0. The molecule has 2 aliphatic carbocycles. The van der Waals surface area contributed by atoms with Gasteiger partial charge in [-0.05, 0) is 50.4 Å². The fourth-order valence-corrected chi connectivity index (χ4v) is 6.70. The molecule has 3 aliphatic rings. The average molecular weight is 370 g/mol. The first kappa shape index (κ1) is 20.1. The molecule has 0 aromatic heterocycles. The predicted molar refractivity (Wildman–Crippen MR) is 95.5 cm³/mol. The van der Waals surface area contributed by atoms with Gasteiger partial charge in [0.15, 0.2) is 0 Å². The maximum Gasteiger partial charge on any atom is 0.306 e. The number of aliphatic hydroxyl groups excluding tert-OH is 3. The van der Waals surface area contributed by atoms with Crippen LogP contribution in [-0.4, -0.2) is 56.9 Å². The van der Waals surface area contributed by atoms with Gasteiger partial charge in [0.25, 0.3) is 0 Å². The van der Waals surface area contributed by atoms with Gasteiger partial charge in [-0.1, -0.05) is 20.8 Å². The van der Waals surface area contributed by atoms with Gasteiger partial charge < -0.3 is 25.2 Å². The molecule has 0 radical (unpaired) electrons. The number of hydrogen-bond acceptors (Lipinski definition) is 5. The predicted octanol–water partition coefficient (Wildman–Crippen LogP) is 1.95. The highest BCUT2D eigenvalue weighted by Gasteiger charge is 2.68. The third-order valence-electron chi connectivity index (χ3n) is 8.37. The van der Waals surface area contributed by atoms with E-state index in [1.165, 1.54) is 0 Å². The summed E-state index contributed by atoms with van der Waals surface area (Å²) >= 11 is 0. The van der Waals surface area contributed by atoms with Crippen LogP contribution in [0.3, 0.4) is 0 Å². The molecule has 1 spiro atoms. The van der Waals surface area contributed by atoms with E-state index in [4.69, 9.17) is 4.74 Å². The van der Waals surface area contributed by atoms with Gasteiger partial charge in [0.05, 0.1) is 31.3 Å². The molecule has 0 aromatic carbocycles. The molecular formula is C20H34O6. The zero-order valence-corrected chi connectivity index (χ0v) is 16.2. The van der Waals surface area contributed by atoms with Gasteiger partial charge in [0, 0.05) is 10.8 Å². The number of hydrogen-bond donors (Lipinski definition) is 4. The number of ether oxygens (including phenoxy) is 1. The Morgan fingerprint density at radius 3 is 2.35 bits per heavy atom. The molecule has 0 aromatic rings. The van der Waals surface area contributed by atoms with E-state index < -0.39 is 28.7 Å². The van der Waals surface area contributed by atoms with Crippen LogP contribution in [0.25, 0.3) is 0 Å². The van der Waals surface area contributed by atoms with E-state index in [9.17, 15) is 25.2 Å². The Balaban J connectivity index is 2.02. The number of fused-ring (bicyclic) bond motifs is 2. The number of carboxylic acids is 1. The zero-order chi connectivity index (χ0) is 19.4. The Bertz CT molecular complexity index is 567. The molecular weight excluding hydrogens is 336 g/mol. The highest BCUT2D eigenvalue weighted by atomic mass is 16.5. The number of carbonyl (C=O) groups is 1. The first-order valence-electron chi connectivity index (χ1n) is 9.91. The van der Waals surface area contributed by atoms with Crippen molar-refractivity contribution in [2.75, 3.05) is 13.2 Å². The molecule has 1 saturated heterocycles. The van der Waals surface area contributed by atoms with Gasteiger partial charge in [-0.15, -0.1) is 0 Å². The first-order valence-corrected chi connectivity index (χ1v) is 9.91. The minimum Gasteiger partial charge on any atom is -0.481 e. The fourth-order valence-electron chi connectivity index (χ4n) is 6.70. The lowest BCUT2D eigenvalue weighted by molar-refractivity contribution is -0.271. The second kappa shape index (κ2) is 6.43. The van der Waals surface area contributed by atoms with E-state index in [0.29, 0.717) is 19.3 Å². The number of aliphatic carboxylic acids is 1. The molecule has 6 nitrogen and oxygen atoms in total. The van der Waals surface area contributed by atoms with E-state index in [1.54, 1.807) is 0 Å². The van der Waals surface area contributed by atoms with E-state index >= 15 is 0 Å². The minimum atomic E-state index is -1.03. The SMILES string of the molecule is C[C@H]1CC[C@H]2[C@@](C)(CO)[C@@H](O)CC[C@@]2(C)[C@@]12CC[C@@](CO)(CC(=O)O)O2. The van der Waals surface area contributed by atoms with Crippen molar-refractivity contribution in [3.63, 3.8) is 0 Å². The summed E-state index contributed by atoms with van der Waals surface area (Å²) in [6.07, 6.45) is 3.73. The third-order valence-corrected chi connectivity index (χ3v) is 8.37. The second-order valence-electron chi connectivity index (χ2n) is 9.57. The minimum absolute atomic E-state index is 0.0703. The Hall–Kier alpha value is -0.690. The summed E-state index contributed by atoms with van der Waals surface area (Å²) < 4.78 is 6.60. The van der Waals surface area contributed by atoms with Crippen molar-refractivity contribution in [1.82, 2.24) is 0 Å². The molecule has 0 amide bonds. The number of rotatable bonds is 4. The first-order chi connectivity index (χ1) is 12.1. The van der Waals surface area contributed by atoms with Crippen molar-refractivity contribution in [2.45, 2.75) is 83.0 Å². The summed E-state index contributed by atoms with van der Waals surface area (Å²) in [5.74, 6) is -0.621. The maximum absolute atomic E-state index is 11.4. The molecule has 7 atom stereocenters. The molecule has 1 aliphatic heterocycles. The Morgan fingerprint density at radius 2 is 1.77 bits per heavy atom. The van der Waals surface area contributed by atoms with E-state index in [1.807, 2.05) is 6.92 Å². The van der Waals surface area contributed by atoms with Gasteiger partial charge in [-0.25, -0.2) is 0 Å². The average Bonchev–Trinajstić information content (AvgIpc) is 2.98. The zero-order valence-electron chi connectivity index (χ0n) is 16.2. The van der Waals surface area contributed by atoms with Crippen LogP contribution in [0.5, 0.6) is 0 Å². The van der Waals surface area contributed by atoms with Crippen molar-refractivity contribution in [3.8, 4) is 0 Å². The third kappa shape index (κ3) is 2.56. The molecule has 6 heteroatoms. The van der Waals surface area contributed by atoms with Crippen LogP contribution in [0, 0.1) is 22.7 Å². The standard InChI is InChI=1S/C20H34O6/c1-13-4-5-14-17(2,11-21)15(23)6-7-18(14,3)20(13)9-8-19(12-22,26-20)10-16(24)25/h13-15,21-23H,4-12H2,1-3H3,(H,24,25)/t13-,14-,15-,17+,18+,19-,20+/m0/s1. The van der Waals surface area contributed by atoms with Gasteiger partial charge in [-0.3, -0.25) is 4.79 Å². The summed E-state index contributed by atoms with van der Waals surface area (Å²) in [4.78, 5) is 11.4. The molecule has 0 bridgehead atoms. The van der Waals surface area contributed by atoms with Crippen LogP contribution < -0.4 is 0 Å². The van der Waals surface area contributed by atoms with Gasteiger partial charge in [-0.2, -0.15) is 0 Å². The quantitative estimate of drug-likeness (QED) is 0.602. The largest absolute Gasteiger partial charge is 0.481 e. The van der Waals surface area contributed by atoms with Crippen molar-refractivity contribution < 1.29 is 30.0 Å². The normalized spacial score (nSPS) is 51.4. The molecule has 26 heavy (non-hydrogen) atoms. The van der Waals surface area contributed by atoms with Gasteiger partial charge in [0.1, 0.15) is 5.60 Å². The van der Waals surface area contributed by atoms with Crippen molar-refractivity contribution in [1.29, 1.82) is 0 Å². The lowest BCUT2D eigenvalue weighted by atomic mass is 9.43. The molecule has 0 unspecified atom stereocenters. The highest BCUT2D eigenvalue weighted by molar-refractivity contribution is 5.68. The van der Waals surface area contributed by atoms with Crippen LogP contribution in [0.4, 0.5) is 0 Å². The molecule has 1 heterocycles. The summed E-state index contributed by atoms with van der Waals surface area (Å²) in [5.41, 5.74) is -2.40. The number of carboxylic acid groups (broad SMARTS) is 1. The van der Waals surface area contributed by atoms with Gasteiger partial charge >= 0.3 is 5.97 Å². The van der Waals surface area contributed by atoms with Crippen LogP contribution in [0.15, 0.2) is 0 Å². The monoisotopic (exact) mass is 370 g/mol. The lowest BCUT2D eigenvalue weighted by Gasteiger charge is -2.65. The maximum atomic E-state index is 11.4. The van der Waals surface area contributed by atoms with Crippen LogP contribution >= 0.6 is 0 Å². The van der Waals surface area contributed by atoms with Crippen molar-refractivity contribution >= 4 is 5.97 Å². The summed E-state index contributed by atoms with van der Waals surface area (Å²) in [6.45, 7) is 5.96. The fraction of sp³-hybridized carbons (Fsp3) is 0.950. The highest BCUT2D eigenvalue weighted by Crippen LogP contribution is 2.67. The number of aliphatic hydroxyl groups is 3. The Morgan fingerprint density at radius 1 is 1.08 bits per heavy atom. The van der Waals surface area contributed by atoms with Crippen LogP contribution in [0.2, 0.25) is 0 Å². The molecule has 3 fully saturated rings. The molecule has 2 saturated carbocycles. The van der Waals surface area contributed by atoms with E-state index in [-0.39, 0.29) is 36.9 Å². The Labute approximate surface area is 155 Å². The molecule has 150 valence electrons. The second-order valence-corrected chi connectivity index (χ2v) is 9.57. The van der Waals surface area contributed by atoms with Crippen LogP contribution in [0.1, 0.15) is 65.7 Å². The molecule has 4 N–H and O–H groups in total.